The molecule has 2 aromatic carbocycles. The number of unbranched alkanes of at least 4 members (excludes halogenated alkanes) is 2. The highest BCUT2D eigenvalue weighted by atomic mass is 32.2. The molecule has 0 aliphatic carbocycles. The Hall–Kier alpha value is -3.59. The van der Waals surface area contributed by atoms with Crippen LogP contribution in [0.5, 0.6) is 0 Å². The van der Waals surface area contributed by atoms with Crippen LogP contribution in [0, 0.1) is 17.3 Å². The molecule has 0 heterocycles. The molecule has 202 valence electrons. The fourth-order valence-electron chi connectivity index (χ4n) is 3.77. The van der Waals surface area contributed by atoms with Gasteiger partial charge in [-0.05, 0) is 30.2 Å². The van der Waals surface area contributed by atoms with E-state index in [2.05, 4.69) is 17.6 Å². The molecule has 0 aliphatic rings. The van der Waals surface area contributed by atoms with Gasteiger partial charge in [0.15, 0.2) is 5.41 Å². The van der Waals surface area contributed by atoms with Gasteiger partial charge in [0.1, 0.15) is 0 Å². The van der Waals surface area contributed by atoms with E-state index in [1.54, 1.807) is 32.0 Å². The number of rotatable bonds is 11. The third-order valence-corrected chi connectivity index (χ3v) is 7.96. The minimum atomic E-state index is -4.29. The van der Waals surface area contributed by atoms with E-state index in [4.69, 9.17) is 10.8 Å². The first-order valence-corrected chi connectivity index (χ1v) is 13.9. The van der Waals surface area contributed by atoms with E-state index in [0.717, 1.165) is 32.6 Å². The molecule has 0 unspecified atom stereocenters. The van der Waals surface area contributed by atoms with Crippen LogP contribution in [0.4, 0.5) is 0 Å². The fourth-order valence-corrected chi connectivity index (χ4v) is 5.19. The smallest absolute Gasteiger partial charge is 0.324 e. The number of sulfone groups is 1. The Morgan fingerprint density at radius 2 is 1.50 bits per heavy atom. The predicted molar refractivity (Wildman–Crippen MR) is 148 cm³/mol. The average Bonchev–Trinajstić information content (AvgIpc) is 2.95. The first-order chi connectivity index (χ1) is 18.5. The molecule has 0 amide bonds. The zero-order chi connectivity index (χ0) is 29.1. The predicted octanol–water partition coefficient (Wildman–Crippen LogP) is 5.78. The van der Waals surface area contributed by atoms with Crippen molar-refractivity contribution >= 4 is 21.8 Å². The maximum atomic E-state index is 13.9. The third-order valence-electron chi connectivity index (χ3n) is 6.17. The number of carbonyl (C=O) groups is 2. The van der Waals surface area contributed by atoms with E-state index in [0.29, 0.717) is 6.42 Å². The molecular weight excluding hydrogens is 500 g/mol. The molecule has 0 atom stereocenters. The van der Waals surface area contributed by atoms with Gasteiger partial charge in [0.25, 0.3) is 0 Å². The lowest BCUT2D eigenvalue weighted by molar-refractivity contribution is -0.168. The molecule has 0 aliphatic heterocycles. The number of ether oxygens (including phenoxy) is 2. The Morgan fingerprint density at radius 1 is 0.947 bits per heavy atom. The molecule has 0 aromatic heterocycles. The van der Waals surface area contributed by atoms with Crippen LogP contribution in [0.25, 0.3) is 0 Å². The molecule has 38 heavy (non-hydrogen) atoms. The standard InChI is InChI=1S/C31H36O6S/c1-6-7-8-9-16-22-31(28(32)36-4,29(33)37-5)24-27(38(34,35)26-19-14-11-15-20-26)21-23-30(2,3)25-17-12-10-13-18-25/h10-15,17-20,23H,6-8,22,24H2,1-5H3/i23D. The summed E-state index contributed by atoms with van der Waals surface area (Å²) < 4.78 is 46.7. The first-order valence-electron chi connectivity index (χ1n) is 12.9. The number of methoxy groups -OCH3 is 2. The molecule has 0 N–H and O–H groups in total. The molecular formula is C31H36O6S. The van der Waals surface area contributed by atoms with E-state index in [9.17, 15) is 18.0 Å². The van der Waals surface area contributed by atoms with Crippen LogP contribution in [-0.4, -0.2) is 34.6 Å². The van der Waals surface area contributed by atoms with E-state index < -0.39 is 43.9 Å². The van der Waals surface area contributed by atoms with Gasteiger partial charge in [-0.2, -0.15) is 0 Å². The molecule has 7 heteroatoms. The lowest BCUT2D eigenvalue weighted by Crippen LogP contribution is -2.42. The Kier molecular flexibility index (Phi) is 10.5. The SMILES string of the molecule is [2H]C(=C=C(CC(CC#CCCCC)(C(=O)OC)C(=O)OC)S(=O)(=O)c1ccccc1)C(C)(C)c1ccccc1. The van der Waals surface area contributed by atoms with Crippen molar-refractivity contribution in [1.82, 2.24) is 0 Å². The molecule has 0 radical (unpaired) electrons. The minimum absolute atomic E-state index is 0.0597. The summed E-state index contributed by atoms with van der Waals surface area (Å²) in [6.07, 6.45) is 1.36. The zero-order valence-corrected chi connectivity index (χ0v) is 23.5. The minimum Gasteiger partial charge on any atom is -0.468 e. The van der Waals surface area contributed by atoms with Crippen LogP contribution in [0.2, 0.25) is 0 Å². The quantitative estimate of drug-likeness (QED) is 0.119. The number of esters is 2. The zero-order valence-electron chi connectivity index (χ0n) is 23.7. The highest BCUT2D eigenvalue weighted by Gasteiger charge is 2.50. The second kappa shape index (κ2) is 13.8. The molecule has 0 saturated heterocycles. The number of hydrogen-bond acceptors (Lipinski definition) is 6. The van der Waals surface area contributed by atoms with Crippen LogP contribution in [0.1, 0.15) is 59.8 Å². The summed E-state index contributed by atoms with van der Waals surface area (Å²) in [6, 6.07) is 16.6. The van der Waals surface area contributed by atoms with Crippen molar-refractivity contribution in [2.24, 2.45) is 5.41 Å². The topological polar surface area (TPSA) is 86.7 Å². The van der Waals surface area contributed by atoms with Crippen LogP contribution in [0.3, 0.4) is 0 Å². The molecule has 0 fully saturated rings. The second-order valence-corrected chi connectivity index (χ2v) is 11.3. The van der Waals surface area contributed by atoms with Crippen LogP contribution >= 0.6 is 0 Å². The molecule has 2 rings (SSSR count). The van der Waals surface area contributed by atoms with Crippen LogP contribution in [-0.2, 0) is 34.3 Å². The van der Waals surface area contributed by atoms with Gasteiger partial charge in [0, 0.05) is 24.7 Å². The summed E-state index contributed by atoms with van der Waals surface area (Å²) in [5, 5.41) is 0. The Balaban J connectivity index is 2.86. The van der Waals surface area contributed by atoms with E-state index in [1.807, 2.05) is 37.3 Å². The van der Waals surface area contributed by atoms with Crippen molar-refractivity contribution < 1.29 is 28.9 Å². The van der Waals surface area contributed by atoms with Crippen molar-refractivity contribution in [3.05, 3.63) is 82.9 Å². The molecule has 0 spiro atoms. The summed E-state index contributed by atoms with van der Waals surface area (Å²) in [6.45, 7) is 5.57. The first kappa shape index (κ1) is 29.0. The van der Waals surface area contributed by atoms with Crippen molar-refractivity contribution in [3.63, 3.8) is 0 Å². The van der Waals surface area contributed by atoms with Gasteiger partial charge < -0.3 is 9.47 Å². The Labute approximate surface area is 228 Å². The molecule has 2 aromatic rings. The largest absolute Gasteiger partial charge is 0.468 e. The fraction of sp³-hybridized carbons (Fsp3) is 0.387. The summed E-state index contributed by atoms with van der Waals surface area (Å²) >= 11 is 0. The van der Waals surface area contributed by atoms with Gasteiger partial charge in [-0.1, -0.05) is 75.7 Å². The maximum absolute atomic E-state index is 13.9. The van der Waals surface area contributed by atoms with Gasteiger partial charge in [-0.15, -0.1) is 17.6 Å². The van der Waals surface area contributed by atoms with Crippen molar-refractivity contribution in [1.29, 1.82) is 0 Å². The molecule has 0 saturated carbocycles. The van der Waals surface area contributed by atoms with E-state index >= 15 is 0 Å². The Morgan fingerprint density at radius 3 is 2.03 bits per heavy atom. The lowest BCUT2D eigenvalue weighted by atomic mass is 9.80. The summed E-state index contributed by atoms with van der Waals surface area (Å²) in [7, 11) is -2.06. The normalized spacial score (nSPS) is 11.8. The van der Waals surface area contributed by atoms with Crippen molar-refractivity contribution in [3.8, 4) is 11.8 Å². The Bertz CT molecular complexity index is 1360. The molecule has 0 bridgehead atoms. The summed E-state index contributed by atoms with van der Waals surface area (Å²) in [5.74, 6) is 3.85. The van der Waals surface area contributed by atoms with Gasteiger partial charge >= 0.3 is 11.9 Å². The lowest BCUT2D eigenvalue weighted by Gasteiger charge is -2.27. The highest BCUT2D eigenvalue weighted by Crippen LogP contribution is 2.37. The van der Waals surface area contributed by atoms with Crippen molar-refractivity contribution in [2.45, 2.75) is 63.2 Å². The monoisotopic (exact) mass is 537 g/mol. The number of hydrogen-bond donors (Lipinski definition) is 0. The average molecular weight is 538 g/mol. The molecule has 6 nitrogen and oxygen atoms in total. The van der Waals surface area contributed by atoms with Gasteiger partial charge in [0.2, 0.25) is 9.84 Å². The van der Waals surface area contributed by atoms with Gasteiger partial charge in [-0.3, -0.25) is 9.59 Å². The summed E-state index contributed by atoms with van der Waals surface area (Å²) in [5.41, 5.74) is 0.526. The van der Waals surface area contributed by atoms with Gasteiger partial charge in [0.05, 0.1) is 25.4 Å². The van der Waals surface area contributed by atoms with Gasteiger partial charge in [-0.25, -0.2) is 8.42 Å². The van der Waals surface area contributed by atoms with E-state index in [-0.39, 0.29) is 17.4 Å². The third kappa shape index (κ3) is 7.47. The number of allylic oxidation sites excluding steroid dienone is 1. The highest BCUT2D eigenvalue weighted by molar-refractivity contribution is 7.95. The number of carbonyl (C=O) groups excluding carboxylic acids is 2. The maximum Gasteiger partial charge on any atom is 0.324 e. The van der Waals surface area contributed by atoms with Crippen LogP contribution < -0.4 is 0 Å². The second-order valence-electron chi connectivity index (χ2n) is 9.36. The summed E-state index contributed by atoms with van der Waals surface area (Å²) in [4.78, 5) is 25.9. The van der Waals surface area contributed by atoms with E-state index in [1.165, 1.54) is 12.1 Å². The van der Waals surface area contributed by atoms with Crippen molar-refractivity contribution in [2.75, 3.05) is 14.2 Å². The van der Waals surface area contributed by atoms with Crippen LogP contribution in [0.15, 0.2) is 82.2 Å². The number of benzene rings is 2.